The van der Waals surface area contributed by atoms with Gasteiger partial charge in [0.2, 0.25) is 10.0 Å². The third-order valence-corrected chi connectivity index (χ3v) is 6.07. The molecule has 0 radical (unpaired) electrons. The molecule has 6 nitrogen and oxygen atoms in total. The summed E-state index contributed by atoms with van der Waals surface area (Å²) in [5, 5.41) is 0. The van der Waals surface area contributed by atoms with Crippen molar-refractivity contribution in [1.29, 1.82) is 0 Å². The zero-order valence-corrected chi connectivity index (χ0v) is 13.7. The van der Waals surface area contributed by atoms with Crippen LogP contribution in [-0.2, 0) is 10.0 Å². The van der Waals surface area contributed by atoms with Crippen LogP contribution in [0.3, 0.4) is 0 Å². The molecule has 8 heteroatoms. The Morgan fingerprint density at radius 3 is 2.40 bits per heavy atom. The van der Waals surface area contributed by atoms with Crippen molar-refractivity contribution >= 4 is 26.0 Å². The predicted octanol–water partition coefficient (Wildman–Crippen LogP) is 1.19. The first-order valence-corrected chi connectivity index (χ1v) is 8.30. The zero-order valence-electron chi connectivity index (χ0n) is 11.3. The highest BCUT2D eigenvalue weighted by atomic mass is 79.9. The Morgan fingerprint density at radius 1 is 1.30 bits per heavy atom. The van der Waals surface area contributed by atoms with E-state index in [-0.39, 0.29) is 10.9 Å². The molecule has 0 spiro atoms. The van der Waals surface area contributed by atoms with Gasteiger partial charge >= 0.3 is 0 Å². The molecule has 1 atom stereocenters. The maximum absolute atomic E-state index is 12.6. The fourth-order valence-corrected chi connectivity index (χ4v) is 4.65. The van der Waals surface area contributed by atoms with E-state index < -0.39 is 10.0 Å². The van der Waals surface area contributed by atoms with Crippen LogP contribution in [-0.4, -0.2) is 46.1 Å². The van der Waals surface area contributed by atoms with E-state index in [0.717, 1.165) is 0 Å². The first-order chi connectivity index (χ1) is 9.40. The lowest BCUT2D eigenvalue weighted by molar-refractivity contribution is 0.353. The zero-order chi connectivity index (χ0) is 14.9. The van der Waals surface area contributed by atoms with E-state index in [2.05, 4.69) is 15.9 Å². The van der Waals surface area contributed by atoms with E-state index in [0.29, 0.717) is 35.5 Å². The number of hydrogen-bond donors (Lipinski definition) is 1. The molecule has 1 fully saturated rings. The van der Waals surface area contributed by atoms with Gasteiger partial charge in [0.05, 0.1) is 14.2 Å². The number of hydrogen-bond acceptors (Lipinski definition) is 5. The minimum Gasteiger partial charge on any atom is -0.493 e. The standard InChI is InChI=1S/C12H17BrN2O4S/c1-18-10-5-9(13)12(6-11(10)19-2)20(16,17)15-4-3-8(14)7-15/h5-6,8H,3-4,7,14H2,1-2H3. The number of ether oxygens (including phenoxy) is 2. The molecule has 112 valence electrons. The Morgan fingerprint density at radius 2 is 1.90 bits per heavy atom. The van der Waals surface area contributed by atoms with Gasteiger partial charge < -0.3 is 15.2 Å². The molecule has 1 heterocycles. The van der Waals surface area contributed by atoms with Crippen molar-refractivity contribution in [2.45, 2.75) is 17.4 Å². The normalized spacial score (nSPS) is 20.1. The summed E-state index contributed by atoms with van der Waals surface area (Å²) in [6.07, 6.45) is 0.671. The lowest BCUT2D eigenvalue weighted by Gasteiger charge is -2.18. The number of methoxy groups -OCH3 is 2. The highest BCUT2D eigenvalue weighted by Gasteiger charge is 2.33. The maximum atomic E-state index is 12.6. The van der Waals surface area contributed by atoms with E-state index in [1.165, 1.54) is 24.6 Å². The molecule has 0 aliphatic carbocycles. The quantitative estimate of drug-likeness (QED) is 0.867. The van der Waals surface area contributed by atoms with Gasteiger partial charge in [0.15, 0.2) is 11.5 Å². The molecule has 1 aromatic rings. The van der Waals surface area contributed by atoms with Crippen molar-refractivity contribution in [1.82, 2.24) is 4.31 Å². The van der Waals surface area contributed by atoms with E-state index >= 15 is 0 Å². The fourth-order valence-electron chi connectivity index (χ4n) is 2.14. The SMILES string of the molecule is COc1cc(Br)c(S(=O)(=O)N2CCC(N)C2)cc1OC. The Balaban J connectivity index is 2.46. The number of halogens is 1. The van der Waals surface area contributed by atoms with Gasteiger partial charge in [0.1, 0.15) is 4.90 Å². The summed E-state index contributed by atoms with van der Waals surface area (Å²) >= 11 is 3.28. The lowest BCUT2D eigenvalue weighted by atomic mass is 10.3. The molecule has 0 amide bonds. The van der Waals surface area contributed by atoms with Crippen LogP contribution < -0.4 is 15.2 Å². The molecule has 1 aliphatic heterocycles. The van der Waals surface area contributed by atoms with Gasteiger partial charge in [-0.1, -0.05) is 0 Å². The van der Waals surface area contributed by atoms with Crippen LogP contribution in [0.2, 0.25) is 0 Å². The molecule has 1 aliphatic rings. The van der Waals surface area contributed by atoms with Crippen LogP contribution in [0.4, 0.5) is 0 Å². The molecule has 0 bridgehead atoms. The Kier molecular flexibility index (Phi) is 4.58. The van der Waals surface area contributed by atoms with Crippen molar-refractivity contribution in [2.75, 3.05) is 27.3 Å². The average molecular weight is 365 g/mol. The van der Waals surface area contributed by atoms with Crippen molar-refractivity contribution in [3.05, 3.63) is 16.6 Å². The van der Waals surface area contributed by atoms with Gasteiger partial charge in [-0.2, -0.15) is 4.31 Å². The van der Waals surface area contributed by atoms with Crippen LogP contribution in [0.1, 0.15) is 6.42 Å². The maximum Gasteiger partial charge on any atom is 0.244 e. The molecule has 20 heavy (non-hydrogen) atoms. The lowest BCUT2D eigenvalue weighted by Crippen LogP contribution is -2.32. The smallest absolute Gasteiger partial charge is 0.244 e. The molecular weight excluding hydrogens is 348 g/mol. The first kappa shape index (κ1) is 15.6. The van der Waals surface area contributed by atoms with Gasteiger partial charge in [-0.05, 0) is 28.4 Å². The second kappa shape index (κ2) is 5.88. The van der Waals surface area contributed by atoms with Crippen LogP contribution in [0.5, 0.6) is 11.5 Å². The molecule has 0 saturated carbocycles. The Hall–Kier alpha value is -0.830. The third-order valence-electron chi connectivity index (χ3n) is 3.24. The summed E-state index contributed by atoms with van der Waals surface area (Å²) in [7, 11) is -0.625. The molecule has 1 saturated heterocycles. The first-order valence-electron chi connectivity index (χ1n) is 6.07. The summed E-state index contributed by atoms with van der Waals surface area (Å²) < 4.78 is 37.4. The Bertz CT molecular complexity index is 606. The summed E-state index contributed by atoms with van der Waals surface area (Å²) in [5.41, 5.74) is 5.78. The van der Waals surface area contributed by atoms with Crippen LogP contribution in [0.15, 0.2) is 21.5 Å². The second-order valence-electron chi connectivity index (χ2n) is 4.55. The van der Waals surface area contributed by atoms with Gasteiger partial charge in [0, 0.05) is 29.7 Å². The van der Waals surface area contributed by atoms with Gasteiger partial charge in [0.25, 0.3) is 0 Å². The van der Waals surface area contributed by atoms with Crippen LogP contribution in [0.25, 0.3) is 0 Å². The van der Waals surface area contributed by atoms with E-state index in [1.54, 1.807) is 6.07 Å². The van der Waals surface area contributed by atoms with Crippen molar-refractivity contribution in [3.8, 4) is 11.5 Å². The highest BCUT2D eigenvalue weighted by molar-refractivity contribution is 9.10. The number of nitrogens with zero attached hydrogens (tertiary/aromatic N) is 1. The third kappa shape index (κ3) is 2.78. The summed E-state index contributed by atoms with van der Waals surface area (Å²) in [6, 6.07) is 2.94. The van der Waals surface area contributed by atoms with Gasteiger partial charge in [-0.15, -0.1) is 0 Å². The number of benzene rings is 1. The van der Waals surface area contributed by atoms with E-state index in [9.17, 15) is 8.42 Å². The molecule has 1 aromatic carbocycles. The summed E-state index contributed by atoms with van der Waals surface area (Å²) in [4.78, 5) is 0.157. The average Bonchev–Trinajstić information content (AvgIpc) is 2.85. The second-order valence-corrected chi connectivity index (χ2v) is 7.31. The summed E-state index contributed by atoms with van der Waals surface area (Å²) in [5.74, 6) is 0.842. The topological polar surface area (TPSA) is 81.9 Å². The number of sulfonamides is 1. The van der Waals surface area contributed by atoms with E-state index in [4.69, 9.17) is 15.2 Å². The van der Waals surface area contributed by atoms with Crippen molar-refractivity contribution in [3.63, 3.8) is 0 Å². The summed E-state index contributed by atoms with van der Waals surface area (Å²) in [6.45, 7) is 0.771. The van der Waals surface area contributed by atoms with Crippen LogP contribution in [0, 0.1) is 0 Å². The van der Waals surface area contributed by atoms with E-state index in [1.807, 2.05) is 0 Å². The van der Waals surface area contributed by atoms with Crippen molar-refractivity contribution < 1.29 is 17.9 Å². The van der Waals surface area contributed by atoms with Crippen molar-refractivity contribution in [2.24, 2.45) is 5.73 Å². The predicted molar refractivity (Wildman–Crippen MR) is 78.6 cm³/mol. The number of nitrogens with two attached hydrogens (primary N) is 1. The molecular formula is C12H17BrN2O4S. The minimum atomic E-state index is -3.59. The molecule has 0 aromatic heterocycles. The monoisotopic (exact) mass is 364 g/mol. The van der Waals surface area contributed by atoms with Crippen LogP contribution >= 0.6 is 15.9 Å². The number of rotatable bonds is 4. The molecule has 1 unspecified atom stereocenters. The molecule has 2 N–H and O–H groups in total. The molecule has 2 rings (SSSR count). The Labute approximate surface area is 127 Å². The largest absolute Gasteiger partial charge is 0.493 e. The fraction of sp³-hybridized carbons (Fsp3) is 0.500. The highest BCUT2D eigenvalue weighted by Crippen LogP contribution is 2.37. The van der Waals surface area contributed by atoms with Gasteiger partial charge in [-0.3, -0.25) is 0 Å². The van der Waals surface area contributed by atoms with Gasteiger partial charge in [-0.25, -0.2) is 8.42 Å². The minimum absolute atomic E-state index is 0.108.